The van der Waals surface area contributed by atoms with Crippen LogP contribution < -0.4 is 4.90 Å². The summed E-state index contributed by atoms with van der Waals surface area (Å²) in [4.78, 5) is 18.2. The molecule has 2 aromatic heterocycles. The topological polar surface area (TPSA) is 64.2 Å². The van der Waals surface area contributed by atoms with Crippen LogP contribution in [-0.2, 0) is 13.1 Å². The van der Waals surface area contributed by atoms with E-state index >= 15 is 0 Å². The second-order valence-corrected chi connectivity index (χ2v) is 6.36. The fraction of sp³-hybridized carbons (Fsp3) is 0.0952. The summed E-state index contributed by atoms with van der Waals surface area (Å²) >= 11 is 0. The molecule has 4 aromatic rings. The van der Waals surface area contributed by atoms with E-state index in [2.05, 4.69) is 10.1 Å². The fourth-order valence-electron chi connectivity index (χ4n) is 2.93. The van der Waals surface area contributed by atoms with Gasteiger partial charge in [-0.05, 0) is 42.0 Å². The number of amides is 1. The molecule has 0 aliphatic carbocycles. The lowest BCUT2D eigenvalue weighted by atomic mass is 10.1. The number of nitrogens with zero attached hydrogens (tertiary/aromatic N) is 4. The van der Waals surface area contributed by atoms with Crippen LogP contribution in [0.5, 0.6) is 0 Å². The van der Waals surface area contributed by atoms with Gasteiger partial charge in [0.25, 0.3) is 5.91 Å². The third-order valence-electron chi connectivity index (χ3n) is 4.35. The van der Waals surface area contributed by atoms with Crippen molar-refractivity contribution < 1.29 is 18.0 Å². The molecule has 0 fully saturated rings. The molecule has 0 bridgehead atoms. The number of carbonyl (C=O) groups excluding carboxylic acids is 1. The van der Waals surface area contributed by atoms with Crippen molar-refractivity contribution in [3.63, 3.8) is 0 Å². The molecule has 1 amide bonds. The highest BCUT2D eigenvalue weighted by atomic mass is 19.1. The maximum atomic E-state index is 14.4. The van der Waals surface area contributed by atoms with Gasteiger partial charge in [-0.2, -0.15) is 5.10 Å². The Balaban J connectivity index is 1.62. The monoisotopic (exact) mass is 394 g/mol. The highest BCUT2D eigenvalue weighted by Crippen LogP contribution is 2.25. The van der Waals surface area contributed by atoms with Gasteiger partial charge in [0.05, 0.1) is 25.0 Å². The molecule has 0 saturated heterocycles. The van der Waals surface area contributed by atoms with Crippen LogP contribution in [0, 0.1) is 11.6 Å². The second-order valence-electron chi connectivity index (χ2n) is 6.36. The van der Waals surface area contributed by atoms with Crippen LogP contribution in [0.4, 0.5) is 14.5 Å². The summed E-state index contributed by atoms with van der Waals surface area (Å²) in [5, 5.41) is 4.04. The first-order valence-electron chi connectivity index (χ1n) is 8.81. The first kappa shape index (κ1) is 18.5. The van der Waals surface area contributed by atoms with E-state index in [1.54, 1.807) is 47.4 Å². The van der Waals surface area contributed by atoms with Crippen LogP contribution in [-0.4, -0.2) is 20.7 Å². The van der Waals surface area contributed by atoms with Crippen LogP contribution in [0.25, 0.3) is 0 Å². The van der Waals surface area contributed by atoms with Crippen LogP contribution in [0.3, 0.4) is 0 Å². The minimum Gasteiger partial charge on any atom is -0.467 e. The number of furan rings is 1. The van der Waals surface area contributed by atoms with Crippen molar-refractivity contribution >= 4 is 11.6 Å². The number of rotatable bonds is 6. The zero-order chi connectivity index (χ0) is 20.2. The Kier molecular flexibility index (Phi) is 5.15. The lowest BCUT2D eigenvalue weighted by molar-refractivity contribution is 0.0982. The number of anilines is 1. The predicted octanol–water partition coefficient (Wildman–Crippen LogP) is 4.04. The van der Waals surface area contributed by atoms with Gasteiger partial charge >= 0.3 is 0 Å². The van der Waals surface area contributed by atoms with Crippen LogP contribution in [0.15, 0.2) is 77.9 Å². The highest BCUT2D eigenvalue weighted by Gasteiger charge is 2.22. The molecule has 6 nitrogen and oxygen atoms in total. The average molecular weight is 394 g/mol. The molecule has 29 heavy (non-hydrogen) atoms. The van der Waals surface area contributed by atoms with E-state index in [9.17, 15) is 13.6 Å². The first-order chi connectivity index (χ1) is 14.1. The third kappa shape index (κ3) is 4.21. The molecule has 0 radical (unpaired) electrons. The summed E-state index contributed by atoms with van der Waals surface area (Å²) in [6.45, 7) is 0.520. The normalized spacial score (nSPS) is 10.8. The number of hydrogen-bond donors (Lipinski definition) is 0. The molecule has 2 aromatic carbocycles. The molecule has 0 atom stereocenters. The molecule has 0 aliphatic heterocycles. The molecule has 4 rings (SSSR count). The van der Waals surface area contributed by atoms with E-state index in [-0.39, 0.29) is 12.2 Å². The minimum atomic E-state index is -0.826. The van der Waals surface area contributed by atoms with Gasteiger partial charge in [-0.15, -0.1) is 0 Å². The summed E-state index contributed by atoms with van der Waals surface area (Å²) in [5.74, 6) is -1.49. The Bertz CT molecular complexity index is 1090. The van der Waals surface area contributed by atoms with E-state index in [4.69, 9.17) is 4.42 Å². The van der Waals surface area contributed by atoms with Gasteiger partial charge < -0.3 is 4.42 Å². The SMILES string of the molecule is O=C(c1ccc(Cn2cncn2)cc1)N(Cc1ccco1)c1ccc(F)cc1F. The molecule has 146 valence electrons. The smallest absolute Gasteiger partial charge is 0.258 e. The van der Waals surface area contributed by atoms with Crippen molar-refractivity contribution in [2.24, 2.45) is 0 Å². The number of halogens is 2. The molecular weight excluding hydrogens is 378 g/mol. The van der Waals surface area contributed by atoms with Crippen molar-refractivity contribution in [1.29, 1.82) is 0 Å². The number of aromatic nitrogens is 3. The zero-order valence-corrected chi connectivity index (χ0v) is 15.2. The van der Waals surface area contributed by atoms with E-state index < -0.39 is 17.5 Å². The molecule has 0 aliphatic rings. The quantitative estimate of drug-likeness (QED) is 0.495. The van der Waals surface area contributed by atoms with Gasteiger partial charge in [-0.25, -0.2) is 18.4 Å². The van der Waals surface area contributed by atoms with Crippen molar-refractivity contribution in [1.82, 2.24) is 14.8 Å². The number of hydrogen-bond acceptors (Lipinski definition) is 4. The maximum Gasteiger partial charge on any atom is 0.258 e. The van der Waals surface area contributed by atoms with Gasteiger partial charge in [0.1, 0.15) is 30.0 Å². The van der Waals surface area contributed by atoms with Gasteiger partial charge in [0, 0.05) is 11.6 Å². The predicted molar refractivity (Wildman–Crippen MR) is 101 cm³/mol. The average Bonchev–Trinajstić information content (AvgIpc) is 3.41. The van der Waals surface area contributed by atoms with Gasteiger partial charge in [0.2, 0.25) is 0 Å². The summed E-state index contributed by atoms with van der Waals surface area (Å²) < 4.78 is 34.7. The standard InChI is InChI=1S/C21H16F2N4O2/c22-17-7-8-20(19(23)10-17)27(12-18-2-1-9-29-18)21(28)16-5-3-15(4-6-16)11-26-14-24-13-25-26/h1-10,13-14H,11-12H2. The van der Waals surface area contributed by atoms with E-state index in [1.807, 2.05) is 0 Å². The van der Waals surface area contributed by atoms with E-state index in [1.165, 1.54) is 23.6 Å². The Morgan fingerprint density at radius 1 is 1.10 bits per heavy atom. The lowest BCUT2D eigenvalue weighted by Crippen LogP contribution is -2.31. The Morgan fingerprint density at radius 3 is 2.59 bits per heavy atom. The van der Waals surface area contributed by atoms with Gasteiger partial charge in [-0.1, -0.05) is 12.1 Å². The Hall–Kier alpha value is -3.81. The van der Waals surface area contributed by atoms with Crippen molar-refractivity contribution in [2.75, 3.05) is 4.90 Å². The van der Waals surface area contributed by atoms with E-state index in [0.717, 1.165) is 17.7 Å². The fourth-order valence-corrected chi connectivity index (χ4v) is 2.93. The second kappa shape index (κ2) is 8.05. The molecule has 0 N–H and O–H groups in total. The molecule has 8 heteroatoms. The summed E-state index contributed by atoms with van der Waals surface area (Å²) in [6.07, 6.45) is 4.51. The Labute approximate surface area is 165 Å². The molecule has 0 spiro atoms. The van der Waals surface area contributed by atoms with Gasteiger partial charge in [0.15, 0.2) is 0 Å². The largest absolute Gasteiger partial charge is 0.467 e. The first-order valence-corrected chi connectivity index (χ1v) is 8.81. The van der Waals surface area contributed by atoms with E-state index in [0.29, 0.717) is 17.9 Å². The Morgan fingerprint density at radius 2 is 1.93 bits per heavy atom. The molecule has 2 heterocycles. The highest BCUT2D eigenvalue weighted by molar-refractivity contribution is 6.06. The van der Waals surface area contributed by atoms with Crippen LogP contribution in [0.2, 0.25) is 0 Å². The van der Waals surface area contributed by atoms with Crippen molar-refractivity contribution in [2.45, 2.75) is 13.1 Å². The van der Waals surface area contributed by atoms with Gasteiger partial charge in [-0.3, -0.25) is 9.69 Å². The third-order valence-corrected chi connectivity index (χ3v) is 4.35. The molecule has 0 saturated carbocycles. The van der Waals surface area contributed by atoms with Crippen LogP contribution in [0.1, 0.15) is 21.7 Å². The number of benzene rings is 2. The van der Waals surface area contributed by atoms with Crippen LogP contribution >= 0.6 is 0 Å². The summed E-state index contributed by atoms with van der Waals surface area (Å²) in [6, 6.07) is 13.4. The molecular formula is C21H16F2N4O2. The summed E-state index contributed by atoms with van der Waals surface area (Å²) in [7, 11) is 0. The zero-order valence-electron chi connectivity index (χ0n) is 15.2. The summed E-state index contributed by atoms with van der Waals surface area (Å²) in [5.41, 5.74) is 1.26. The van der Waals surface area contributed by atoms with Crippen molar-refractivity contribution in [3.05, 3.63) is 102 Å². The van der Waals surface area contributed by atoms with Crippen molar-refractivity contribution in [3.8, 4) is 0 Å². The maximum absolute atomic E-state index is 14.4. The lowest BCUT2D eigenvalue weighted by Gasteiger charge is -2.22. The minimum absolute atomic E-state index is 0.00902. The molecule has 0 unspecified atom stereocenters. The number of carbonyl (C=O) groups is 1.